The number of carbonyl (C=O) groups is 2. The highest BCUT2D eigenvalue weighted by atomic mass is 32.2. The number of primary amides is 1. The number of ketones is 1. The Morgan fingerprint density at radius 1 is 1.20 bits per heavy atom. The van der Waals surface area contributed by atoms with Crippen LogP contribution >= 0.6 is 0 Å². The number of benzene rings is 1. The Morgan fingerprint density at radius 3 is 2.20 bits per heavy atom. The first-order chi connectivity index (χ1) is 11.6. The van der Waals surface area contributed by atoms with E-state index < -0.39 is 38.1 Å². The number of phenols is 1. The molecule has 0 aliphatic carbocycles. The Morgan fingerprint density at radius 2 is 1.76 bits per heavy atom. The zero-order valence-electron chi connectivity index (χ0n) is 14.6. The van der Waals surface area contributed by atoms with Gasteiger partial charge in [0.1, 0.15) is 5.75 Å². The molecule has 0 aromatic heterocycles. The lowest BCUT2D eigenvalue weighted by molar-refractivity contribution is -0.120. The summed E-state index contributed by atoms with van der Waals surface area (Å²) in [5.74, 6) is -3.19. The van der Waals surface area contributed by atoms with Crippen molar-refractivity contribution < 1.29 is 23.1 Å². The van der Waals surface area contributed by atoms with Crippen LogP contribution in [0.4, 0.5) is 0 Å². The normalized spacial score (nSPS) is 14.2. The summed E-state index contributed by atoms with van der Waals surface area (Å²) < 4.78 is 25.5. The van der Waals surface area contributed by atoms with E-state index in [2.05, 4.69) is 0 Å². The number of phenolic OH excluding ortho intramolecular Hbond substituents is 1. The van der Waals surface area contributed by atoms with Crippen LogP contribution in [0.1, 0.15) is 49.9 Å². The molecule has 1 atom stereocenters. The Bertz CT molecular complexity index is 726. The van der Waals surface area contributed by atoms with E-state index in [-0.39, 0.29) is 11.3 Å². The fourth-order valence-corrected chi connectivity index (χ4v) is 5.07. The molecule has 1 rings (SSSR count). The molecule has 0 fully saturated rings. The summed E-state index contributed by atoms with van der Waals surface area (Å²) in [5, 5.41) is 8.82. The average molecular weight is 370 g/mol. The molecule has 0 aliphatic heterocycles. The van der Waals surface area contributed by atoms with E-state index in [4.69, 9.17) is 11.5 Å². The monoisotopic (exact) mass is 370 g/mol. The highest BCUT2D eigenvalue weighted by Crippen LogP contribution is 2.22. The van der Waals surface area contributed by atoms with Gasteiger partial charge in [-0.25, -0.2) is 8.42 Å². The van der Waals surface area contributed by atoms with Crippen LogP contribution in [0.5, 0.6) is 5.75 Å². The number of hydrogen-bond donors (Lipinski definition) is 3. The lowest BCUT2D eigenvalue weighted by atomic mass is 9.91. The summed E-state index contributed by atoms with van der Waals surface area (Å²) in [7, 11) is -3.82. The lowest BCUT2D eigenvalue weighted by Crippen LogP contribution is -2.63. The van der Waals surface area contributed by atoms with Crippen molar-refractivity contribution in [3.8, 4) is 5.75 Å². The van der Waals surface area contributed by atoms with Gasteiger partial charge in [0.15, 0.2) is 21.2 Å². The first kappa shape index (κ1) is 21.1. The average Bonchev–Trinajstić information content (AvgIpc) is 2.53. The Labute approximate surface area is 148 Å². The van der Waals surface area contributed by atoms with Crippen molar-refractivity contribution in [2.45, 2.75) is 50.3 Å². The summed E-state index contributed by atoms with van der Waals surface area (Å²) >= 11 is 0. The number of nitrogens with two attached hydrogens (primary N) is 2. The lowest BCUT2D eigenvalue weighted by Gasteiger charge is -2.27. The third kappa shape index (κ3) is 5.02. The van der Waals surface area contributed by atoms with Gasteiger partial charge in [-0.1, -0.05) is 38.8 Å². The zero-order valence-corrected chi connectivity index (χ0v) is 15.4. The van der Waals surface area contributed by atoms with Crippen LogP contribution in [-0.2, 0) is 14.6 Å². The van der Waals surface area contributed by atoms with Crippen molar-refractivity contribution in [1.82, 2.24) is 0 Å². The van der Waals surface area contributed by atoms with Gasteiger partial charge in [0.05, 0.1) is 11.0 Å². The standard InChI is InChI=1S/C17H26N2O5S/c1-3-6-14(7-4-2)25(23,24)11-17(19,16(18)22)15(21)12-8-5-9-13(20)10-12/h5,8-10,14,20H,3-4,6-7,11,19H2,1-2H3,(H2,18,22)/t17-/m0/s1. The van der Waals surface area contributed by atoms with Gasteiger partial charge in [0.25, 0.3) is 0 Å². The van der Waals surface area contributed by atoms with Crippen LogP contribution in [0.25, 0.3) is 0 Å². The molecule has 5 N–H and O–H groups in total. The number of aromatic hydroxyl groups is 1. The Hall–Kier alpha value is -1.93. The summed E-state index contributed by atoms with van der Waals surface area (Å²) in [6.07, 6.45) is 2.15. The molecule has 0 saturated carbocycles. The van der Waals surface area contributed by atoms with Crippen LogP contribution in [0, 0.1) is 0 Å². The molecule has 0 spiro atoms. The number of rotatable bonds is 10. The predicted molar refractivity (Wildman–Crippen MR) is 95.9 cm³/mol. The summed E-state index contributed by atoms with van der Waals surface area (Å²) in [6, 6.07) is 5.20. The second-order valence-electron chi connectivity index (χ2n) is 6.22. The van der Waals surface area contributed by atoms with E-state index in [9.17, 15) is 23.1 Å². The van der Waals surface area contributed by atoms with E-state index in [1.165, 1.54) is 18.2 Å². The molecular weight excluding hydrogens is 344 g/mol. The maximum absolute atomic E-state index is 12.7. The van der Waals surface area contributed by atoms with E-state index >= 15 is 0 Å². The van der Waals surface area contributed by atoms with E-state index in [1.54, 1.807) is 0 Å². The molecule has 0 unspecified atom stereocenters. The van der Waals surface area contributed by atoms with Crippen LogP contribution in [0.2, 0.25) is 0 Å². The van der Waals surface area contributed by atoms with Crippen molar-refractivity contribution in [1.29, 1.82) is 0 Å². The number of sulfone groups is 1. The van der Waals surface area contributed by atoms with Gasteiger partial charge in [0, 0.05) is 5.56 Å². The van der Waals surface area contributed by atoms with Gasteiger partial charge >= 0.3 is 0 Å². The van der Waals surface area contributed by atoms with Gasteiger partial charge in [-0.15, -0.1) is 0 Å². The van der Waals surface area contributed by atoms with Gasteiger partial charge in [-0.3, -0.25) is 9.59 Å². The van der Waals surface area contributed by atoms with Crippen LogP contribution in [0.15, 0.2) is 24.3 Å². The maximum atomic E-state index is 12.7. The fraction of sp³-hybridized carbons (Fsp3) is 0.529. The third-order valence-corrected chi connectivity index (χ3v) is 6.46. The quantitative estimate of drug-likeness (QED) is 0.417. The second kappa shape index (κ2) is 8.44. The molecule has 1 aromatic rings. The minimum absolute atomic E-state index is 0.0703. The van der Waals surface area contributed by atoms with Crippen LogP contribution < -0.4 is 11.5 Å². The highest BCUT2D eigenvalue weighted by Gasteiger charge is 2.46. The Balaban J connectivity index is 3.25. The maximum Gasteiger partial charge on any atom is 0.246 e. The molecule has 1 amide bonds. The SMILES string of the molecule is CCCC(CCC)S(=O)(=O)C[C@@](N)(C(N)=O)C(=O)c1cccc(O)c1. The number of carbonyl (C=O) groups excluding carboxylic acids is 2. The second-order valence-corrected chi connectivity index (χ2v) is 8.50. The summed E-state index contributed by atoms with van der Waals surface area (Å²) in [4.78, 5) is 24.6. The van der Waals surface area contributed by atoms with Crippen molar-refractivity contribution in [2.24, 2.45) is 11.5 Å². The molecule has 0 bridgehead atoms. The first-order valence-corrected chi connectivity index (χ1v) is 9.94. The zero-order chi connectivity index (χ0) is 19.3. The number of Topliss-reactive ketones (excluding diaryl/α,β-unsaturated/α-hetero) is 1. The van der Waals surface area contributed by atoms with Crippen LogP contribution in [0.3, 0.4) is 0 Å². The van der Waals surface area contributed by atoms with Crippen LogP contribution in [-0.4, -0.2) is 41.8 Å². The minimum Gasteiger partial charge on any atom is -0.508 e. The molecule has 7 nitrogen and oxygen atoms in total. The van der Waals surface area contributed by atoms with Gasteiger partial charge in [0.2, 0.25) is 5.91 Å². The van der Waals surface area contributed by atoms with Gasteiger partial charge in [-0.2, -0.15) is 0 Å². The summed E-state index contributed by atoms with van der Waals surface area (Å²) in [5.41, 5.74) is 8.74. The molecule has 1 aromatic carbocycles. The molecule has 8 heteroatoms. The third-order valence-electron chi connectivity index (χ3n) is 4.11. The smallest absolute Gasteiger partial charge is 0.246 e. The molecule has 0 saturated heterocycles. The first-order valence-electron chi connectivity index (χ1n) is 8.22. The Kier molecular flexibility index (Phi) is 7.13. The molecule has 0 radical (unpaired) electrons. The molecule has 0 aliphatic rings. The van der Waals surface area contributed by atoms with Crippen molar-refractivity contribution >= 4 is 21.5 Å². The van der Waals surface area contributed by atoms with E-state index in [0.29, 0.717) is 25.7 Å². The molecular formula is C17H26N2O5S. The fourth-order valence-electron chi connectivity index (χ4n) is 2.74. The molecule has 0 heterocycles. The molecule has 25 heavy (non-hydrogen) atoms. The van der Waals surface area contributed by atoms with Gasteiger partial charge in [-0.05, 0) is 25.0 Å². The van der Waals surface area contributed by atoms with Crippen molar-refractivity contribution in [2.75, 3.05) is 5.75 Å². The topological polar surface area (TPSA) is 141 Å². The number of amides is 1. The molecule has 140 valence electrons. The van der Waals surface area contributed by atoms with E-state index in [1.807, 2.05) is 13.8 Å². The minimum atomic E-state index is -3.82. The van der Waals surface area contributed by atoms with Crippen molar-refractivity contribution in [3.05, 3.63) is 29.8 Å². The largest absolute Gasteiger partial charge is 0.508 e. The summed E-state index contributed by atoms with van der Waals surface area (Å²) in [6.45, 7) is 3.72. The van der Waals surface area contributed by atoms with Gasteiger partial charge < -0.3 is 16.6 Å². The van der Waals surface area contributed by atoms with E-state index in [0.717, 1.165) is 6.07 Å². The number of hydrogen-bond acceptors (Lipinski definition) is 6. The predicted octanol–water partition coefficient (Wildman–Crippen LogP) is 1.14. The highest BCUT2D eigenvalue weighted by molar-refractivity contribution is 7.92. The van der Waals surface area contributed by atoms with Crippen molar-refractivity contribution in [3.63, 3.8) is 0 Å².